The van der Waals surface area contributed by atoms with Gasteiger partial charge < -0.3 is 14.0 Å². The summed E-state index contributed by atoms with van der Waals surface area (Å²) in [5.74, 6) is 1.12. The van der Waals surface area contributed by atoms with E-state index in [2.05, 4.69) is 168 Å². The van der Waals surface area contributed by atoms with Crippen LogP contribution in [0.25, 0.3) is 61.5 Å². The molecule has 0 aliphatic carbocycles. The number of aromatic nitrogens is 3. The molecule has 0 saturated carbocycles. The van der Waals surface area contributed by atoms with E-state index in [1.807, 2.05) is 30.3 Å². The van der Waals surface area contributed by atoms with E-state index in [1.54, 1.807) is 0 Å². The van der Waals surface area contributed by atoms with Crippen molar-refractivity contribution in [2.45, 2.75) is 13.8 Å². The third-order valence-electron chi connectivity index (χ3n) is 9.64. The van der Waals surface area contributed by atoms with E-state index in [0.717, 1.165) is 50.6 Å². The van der Waals surface area contributed by atoms with E-state index in [0.29, 0.717) is 11.7 Å². The first-order valence-electron chi connectivity index (χ1n) is 17.2. The Morgan fingerprint density at radius 1 is 0.490 bits per heavy atom. The van der Waals surface area contributed by atoms with E-state index in [-0.39, 0.29) is 0 Å². The summed E-state index contributed by atoms with van der Waals surface area (Å²) in [6.07, 6.45) is 0. The molecular formula is C46H34N4O. The molecular weight excluding hydrogens is 625 g/mol. The molecule has 0 aliphatic rings. The van der Waals surface area contributed by atoms with Crippen LogP contribution in [0.2, 0.25) is 0 Å². The number of hydrogen-bond acceptors (Lipinski definition) is 4. The zero-order valence-electron chi connectivity index (χ0n) is 28.4. The van der Waals surface area contributed by atoms with E-state index in [4.69, 9.17) is 9.51 Å². The van der Waals surface area contributed by atoms with Crippen LogP contribution in [0.3, 0.4) is 0 Å². The average Bonchev–Trinajstić information content (AvgIpc) is 3.81. The van der Waals surface area contributed by atoms with E-state index in [9.17, 15) is 0 Å². The lowest BCUT2D eigenvalue weighted by molar-refractivity contribution is 0.432. The number of hydrogen-bond donors (Lipinski definition) is 0. The van der Waals surface area contributed by atoms with Crippen molar-refractivity contribution in [1.29, 1.82) is 0 Å². The summed E-state index contributed by atoms with van der Waals surface area (Å²) < 4.78 is 8.08. The Bertz CT molecular complexity index is 2600. The largest absolute Gasteiger partial charge is 0.334 e. The molecule has 0 spiro atoms. The van der Waals surface area contributed by atoms with Gasteiger partial charge in [-0.3, -0.25) is 0 Å². The second-order valence-corrected chi connectivity index (χ2v) is 12.9. The molecule has 0 fully saturated rings. The van der Waals surface area contributed by atoms with Crippen LogP contribution in [-0.2, 0) is 0 Å². The van der Waals surface area contributed by atoms with Gasteiger partial charge in [-0.15, -0.1) is 0 Å². The summed E-state index contributed by atoms with van der Waals surface area (Å²) in [4.78, 5) is 7.02. The van der Waals surface area contributed by atoms with Crippen molar-refractivity contribution >= 4 is 38.9 Å². The molecule has 51 heavy (non-hydrogen) atoms. The first kappa shape index (κ1) is 30.3. The van der Waals surface area contributed by atoms with Crippen molar-refractivity contribution in [2.75, 3.05) is 4.90 Å². The molecule has 9 rings (SSSR count). The number of para-hydroxylation sites is 3. The monoisotopic (exact) mass is 658 g/mol. The minimum absolute atomic E-state index is 0.529. The number of fused-ring (bicyclic) bond motifs is 3. The number of benzene rings is 7. The Labute approximate surface area is 296 Å². The van der Waals surface area contributed by atoms with Gasteiger partial charge in [-0.05, 0) is 103 Å². The summed E-state index contributed by atoms with van der Waals surface area (Å²) in [5, 5.41) is 6.67. The van der Waals surface area contributed by atoms with Crippen molar-refractivity contribution in [2.24, 2.45) is 0 Å². The maximum absolute atomic E-state index is 5.71. The minimum Gasteiger partial charge on any atom is -0.334 e. The Morgan fingerprint density at radius 3 is 1.78 bits per heavy atom. The molecule has 0 amide bonds. The van der Waals surface area contributed by atoms with Gasteiger partial charge in [0.1, 0.15) is 0 Å². The quantitative estimate of drug-likeness (QED) is 0.171. The molecule has 7 aromatic carbocycles. The van der Waals surface area contributed by atoms with Crippen molar-refractivity contribution in [3.63, 3.8) is 0 Å². The SMILES string of the molecule is Cc1cc(-c2nc(-c3ccccc3)no2)c(C)cc1-c1ccc(-n2c3ccccc3c3cc(N(c4ccccc4)c4ccccc4)ccc32)cc1. The van der Waals surface area contributed by atoms with Crippen LogP contribution < -0.4 is 4.90 Å². The second-order valence-electron chi connectivity index (χ2n) is 12.9. The van der Waals surface area contributed by atoms with Gasteiger partial charge in [0.2, 0.25) is 5.82 Å². The average molecular weight is 659 g/mol. The fraction of sp³-hybridized carbons (Fsp3) is 0.0435. The predicted octanol–water partition coefficient (Wildman–Crippen LogP) is 12.3. The standard InChI is InChI=1S/C46H34N4O/c1-31-29-41(46-47-45(48-51-46)34-14-6-3-7-15-34)32(2)28-40(31)33-22-24-37(25-23-33)50-43-21-13-12-20-39(43)42-30-38(26-27-44(42)50)49(35-16-8-4-9-17-35)36-18-10-5-11-19-36/h3-30H,1-2H3. The van der Waals surface area contributed by atoms with Crippen molar-refractivity contribution in [3.8, 4) is 39.7 Å². The molecule has 5 nitrogen and oxygen atoms in total. The highest BCUT2D eigenvalue weighted by molar-refractivity contribution is 6.10. The van der Waals surface area contributed by atoms with E-state index in [1.165, 1.54) is 27.4 Å². The van der Waals surface area contributed by atoms with Crippen molar-refractivity contribution in [3.05, 3.63) is 181 Å². The van der Waals surface area contributed by atoms with Crippen LogP contribution in [-0.4, -0.2) is 14.7 Å². The van der Waals surface area contributed by atoms with Gasteiger partial charge in [0.15, 0.2) is 0 Å². The molecule has 0 atom stereocenters. The van der Waals surface area contributed by atoms with Crippen LogP contribution in [0.5, 0.6) is 0 Å². The third-order valence-corrected chi connectivity index (χ3v) is 9.64. The summed E-state index contributed by atoms with van der Waals surface area (Å²) in [5.41, 5.74) is 13.3. The molecule has 244 valence electrons. The first-order chi connectivity index (χ1) is 25.1. The van der Waals surface area contributed by atoms with Crippen molar-refractivity contribution < 1.29 is 4.52 Å². The van der Waals surface area contributed by atoms with Gasteiger partial charge >= 0.3 is 0 Å². The van der Waals surface area contributed by atoms with Crippen LogP contribution in [0.15, 0.2) is 174 Å². The second kappa shape index (κ2) is 12.6. The fourth-order valence-electron chi connectivity index (χ4n) is 7.16. The lowest BCUT2D eigenvalue weighted by atomic mass is 9.95. The normalized spacial score (nSPS) is 11.3. The van der Waals surface area contributed by atoms with Gasteiger partial charge in [-0.2, -0.15) is 4.98 Å². The highest BCUT2D eigenvalue weighted by atomic mass is 16.5. The van der Waals surface area contributed by atoms with Gasteiger partial charge in [-0.25, -0.2) is 0 Å². The third kappa shape index (κ3) is 5.45. The minimum atomic E-state index is 0.529. The molecule has 0 N–H and O–H groups in total. The summed E-state index contributed by atoms with van der Waals surface area (Å²) >= 11 is 0. The summed E-state index contributed by atoms with van der Waals surface area (Å²) in [6.45, 7) is 4.24. The maximum Gasteiger partial charge on any atom is 0.258 e. The van der Waals surface area contributed by atoms with Crippen LogP contribution in [0, 0.1) is 13.8 Å². The Balaban J connectivity index is 1.09. The zero-order valence-corrected chi connectivity index (χ0v) is 28.4. The highest BCUT2D eigenvalue weighted by Crippen LogP contribution is 2.40. The molecule has 0 aliphatic heterocycles. The fourth-order valence-corrected chi connectivity index (χ4v) is 7.16. The van der Waals surface area contributed by atoms with Crippen LogP contribution >= 0.6 is 0 Å². The zero-order chi connectivity index (χ0) is 34.3. The maximum atomic E-state index is 5.71. The smallest absolute Gasteiger partial charge is 0.258 e. The van der Waals surface area contributed by atoms with E-state index >= 15 is 0 Å². The van der Waals surface area contributed by atoms with Gasteiger partial charge in [0, 0.05) is 44.6 Å². The van der Waals surface area contributed by atoms with Gasteiger partial charge in [0.05, 0.1) is 11.0 Å². The Hall–Kier alpha value is -6.72. The first-order valence-corrected chi connectivity index (χ1v) is 17.2. The number of rotatable bonds is 7. The molecule has 5 heteroatoms. The molecule has 2 aromatic heterocycles. The molecule has 0 radical (unpaired) electrons. The molecule has 0 bridgehead atoms. The number of aryl methyl sites for hydroxylation is 2. The number of nitrogens with zero attached hydrogens (tertiary/aromatic N) is 4. The van der Waals surface area contributed by atoms with Crippen molar-refractivity contribution in [1.82, 2.24) is 14.7 Å². The van der Waals surface area contributed by atoms with Gasteiger partial charge in [0.25, 0.3) is 5.89 Å². The molecule has 0 saturated heterocycles. The summed E-state index contributed by atoms with van der Waals surface area (Å²) in [6, 6.07) is 59.8. The molecule has 0 unspecified atom stereocenters. The lowest BCUT2D eigenvalue weighted by Gasteiger charge is -2.25. The van der Waals surface area contributed by atoms with Gasteiger partial charge in [-0.1, -0.05) is 108 Å². The lowest BCUT2D eigenvalue weighted by Crippen LogP contribution is -2.09. The Morgan fingerprint density at radius 2 is 1.08 bits per heavy atom. The predicted molar refractivity (Wildman–Crippen MR) is 209 cm³/mol. The number of anilines is 3. The molecule has 9 aromatic rings. The molecule has 2 heterocycles. The summed E-state index contributed by atoms with van der Waals surface area (Å²) in [7, 11) is 0. The van der Waals surface area contributed by atoms with E-state index < -0.39 is 0 Å². The van der Waals surface area contributed by atoms with Crippen LogP contribution in [0.1, 0.15) is 11.1 Å². The highest BCUT2D eigenvalue weighted by Gasteiger charge is 2.18. The topological polar surface area (TPSA) is 47.1 Å². The Kier molecular flexibility index (Phi) is 7.51. The van der Waals surface area contributed by atoms with Crippen LogP contribution in [0.4, 0.5) is 17.1 Å².